The number of nitro groups is 1. The Hall–Kier alpha value is -2.04. The second kappa shape index (κ2) is 9.06. The zero-order valence-electron chi connectivity index (χ0n) is 14.9. The number of nitrogens with zero attached hydrogens (tertiary/aromatic N) is 3. The van der Waals surface area contributed by atoms with Crippen LogP contribution in [-0.4, -0.2) is 50.2 Å². The smallest absolute Gasteiger partial charge is 0.295 e. The van der Waals surface area contributed by atoms with Gasteiger partial charge in [-0.05, 0) is 30.9 Å². The Morgan fingerprint density at radius 1 is 1.35 bits per heavy atom. The zero-order chi connectivity index (χ0) is 19.2. The predicted molar refractivity (Wildman–Crippen MR) is 98.9 cm³/mol. The molecule has 0 aliphatic carbocycles. The first-order chi connectivity index (χ1) is 12.4. The number of ether oxygens (including phenoxy) is 1. The van der Waals surface area contributed by atoms with Crippen LogP contribution >= 0.6 is 0 Å². The Labute approximate surface area is 153 Å². The third-order valence-corrected chi connectivity index (χ3v) is 6.19. The first kappa shape index (κ1) is 20.3. The fraction of sp³-hybridized carbons (Fsp3) is 0.562. The van der Waals surface area contributed by atoms with E-state index in [0.717, 1.165) is 18.9 Å². The third-order valence-electron chi connectivity index (χ3n) is 4.29. The van der Waals surface area contributed by atoms with E-state index in [-0.39, 0.29) is 35.3 Å². The van der Waals surface area contributed by atoms with Crippen molar-refractivity contribution in [1.29, 1.82) is 0 Å². The van der Waals surface area contributed by atoms with Crippen LogP contribution in [0.3, 0.4) is 0 Å². The average Bonchev–Trinajstić information content (AvgIpc) is 2.65. The summed E-state index contributed by atoms with van der Waals surface area (Å²) in [5.41, 5.74) is 2.47. The molecule has 9 nitrogen and oxygen atoms in total. The standard InChI is InChI=1S/C16H24N4O5S/c1-3-13(4-2)12-17-18-15-6-5-14(11-16(15)20(21)22)26(23,24)19-7-9-25-10-8-19/h5-6,11-13,18H,3-4,7-10H2,1-2H3/b17-12-. The molecule has 0 aromatic heterocycles. The number of morpholine rings is 1. The number of hydrogen-bond acceptors (Lipinski definition) is 7. The molecule has 0 bridgehead atoms. The molecule has 1 fully saturated rings. The van der Waals surface area contributed by atoms with Crippen LogP contribution in [0.5, 0.6) is 0 Å². The number of nitro benzene ring substituents is 1. The molecule has 0 saturated carbocycles. The van der Waals surface area contributed by atoms with Gasteiger partial charge in [-0.3, -0.25) is 15.5 Å². The maximum atomic E-state index is 12.7. The second-order valence-electron chi connectivity index (χ2n) is 5.92. The fourth-order valence-electron chi connectivity index (χ4n) is 2.57. The molecule has 2 rings (SSSR count). The molecule has 0 radical (unpaired) electrons. The number of hydrazone groups is 1. The Morgan fingerprint density at radius 2 is 2.00 bits per heavy atom. The van der Waals surface area contributed by atoms with E-state index in [4.69, 9.17) is 4.74 Å². The number of rotatable bonds is 8. The minimum Gasteiger partial charge on any atom is -0.379 e. The Morgan fingerprint density at radius 3 is 2.58 bits per heavy atom. The summed E-state index contributed by atoms with van der Waals surface area (Å²) in [4.78, 5) is 10.6. The van der Waals surface area contributed by atoms with Gasteiger partial charge in [0.25, 0.3) is 5.69 Å². The third kappa shape index (κ3) is 4.77. The fourth-order valence-corrected chi connectivity index (χ4v) is 3.99. The maximum absolute atomic E-state index is 12.7. The molecule has 0 atom stereocenters. The molecule has 0 spiro atoms. The molecule has 10 heteroatoms. The maximum Gasteiger partial charge on any atom is 0.295 e. The highest BCUT2D eigenvalue weighted by Crippen LogP contribution is 2.29. The normalized spacial score (nSPS) is 16.3. The van der Waals surface area contributed by atoms with Gasteiger partial charge in [-0.25, -0.2) is 8.42 Å². The van der Waals surface area contributed by atoms with Gasteiger partial charge in [0.15, 0.2) is 0 Å². The molecule has 1 aliphatic rings. The minimum atomic E-state index is -3.79. The number of hydrogen-bond donors (Lipinski definition) is 1. The van der Waals surface area contributed by atoms with Crippen molar-refractivity contribution in [2.75, 3.05) is 31.7 Å². The Balaban J connectivity index is 2.26. The highest BCUT2D eigenvalue weighted by Gasteiger charge is 2.28. The lowest BCUT2D eigenvalue weighted by Gasteiger charge is -2.26. The van der Waals surface area contributed by atoms with Crippen molar-refractivity contribution in [2.45, 2.75) is 31.6 Å². The van der Waals surface area contributed by atoms with E-state index < -0.39 is 14.9 Å². The first-order valence-corrected chi connectivity index (χ1v) is 9.99. The van der Waals surface area contributed by atoms with Crippen molar-refractivity contribution in [3.8, 4) is 0 Å². The van der Waals surface area contributed by atoms with Gasteiger partial charge in [-0.2, -0.15) is 9.41 Å². The number of nitrogens with one attached hydrogen (secondary N) is 1. The van der Waals surface area contributed by atoms with Crippen LogP contribution < -0.4 is 5.43 Å². The van der Waals surface area contributed by atoms with Gasteiger partial charge in [0.2, 0.25) is 10.0 Å². The van der Waals surface area contributed by atoms with Gasteiger partial charge in [-0.1, -0.05) is 13.8 Å². The van der Waals surface area contributed by atoms with Gasteiger partial charge < -0.3 is 4.74 Å². The largest absolute Gasteiger partial charge is 0.379 e. The molecule has 1 aromatic carbocycles. The number of anilines is 1. The Kier molecular flexibility index (Phi) is 7.06. The van der Waals surface area contributed by atoms with Crippen LogP contribution in [0.1, 0.15) is 26.7 Å². The van der Waals surface area contributed by atoms with E-state index in [1.54, 1.807) is 6.21 Å². The lowest BCUT2D eigenvalue weighted by atomic mass is 10.1. The van der Waals surface area contributed by atoms with Crippen molar-refractivity contribution in [2.24, 2.45) is 11.0 Å². The van der Waals surface area contributed by atoms with Crippen molar-refractivity contribution >= 4 is 27.6 Å². The van der Waals surface area contributed by atoms with Crippen LogP contribution in [0.25, 0.3) is 0 Å². The molecule has 1 aliphatic heterocycles. The van der Waals surface area contributed by atoms with Gasteiger partial charge >= 0.3 is 0 Å². The van der Waals surface area contributed by atoms with Crippen LogP contribution in [0, 0.1) is 16.0 Å². The van der Waals surface area contributed by atoms with Crippen LogP contribution in [-0.2, 0) is 14.8 Å². The number of sulfonamides is 1. The van der Waals surface area contributed by atoms with Gasteiger partial charge in [0.05, 0.1) is 23.0 Å². The molecule has 0 amide bonds. The molecule has 1 aromatic rings. The van der Waals surface area contributed by atoms with Crippen LogP contribution in [0.4, 0.5) is 11.4 Å². The molecule has 26 heavy (non-hydrogen) atoms. The van der Waals surface area contributed by atoms with Crippen molar-refractivity contribution in [3.63, 3.8) is 0 Å². The van der Waals surface area contributed by atoms with E-state index in [0.29, 0.717) is 13.2 Å². The summed E-state index contributed by atoms with van der Waals surface area (Å²) < 4.78 is 31.7. The summed E-state index contributed by atoms with van der Waals surface area (Å²) in [6, 6.07) is 3.79. The Bertz CT molecular complexity index is 756. The molecule has 1 saturated heterocycles. The highest BCUT2D eigenvalue weighted by atomic mass is 32.2. The van der Waals surface area contributed by atoms with E-state index in [1.807, 2.05) is 13.8 Å². The minimum absolute atomic E-state index is 0.111. The zero-order valence-corrected chi connectivity index (χ0v) is 15.7. The van der Waals surface area contributed by atoms with Crippen LogP contribution in [0.2, 0.25) is 0 Å². The molecule has 0 unspecified atom stereocenters. The predicted octanol–water partition coefficient (Wildman–Crippen LogP) is 2.45. The lowest BCUT2D eigenvalue weighted by Crippen LogP contribution is -2.40. The van der Waals surface area contributed by atoms with Gasteiger partial charge in [0.1, 0.15) is 5.69 Å². The van der Waals surface area contributed by atoms with Crippen molar-refractivity contribution < 1.29 is 18.1 Å². The SMILES string of the molecule is CCC(/C=N\Nc1ccc(S(=O)(=O)N2CCOCC2)cc1[N+](=O)[O-])CC. The summed E-state index contributed by atoms with van der Waals surface area (Å²) >= 11 is 0. The summed E-state index contributed by atoms with van der Waals surface area (Å²) in [5, 5.41) is 15.4. The summed E-state index contributed by atoms with van der Waals surface area (Å²) in [6.07, 6.45) is 3.54. The molecular formula is C16H24N4O5S. The monoisotopic (exact) mass is 384 g/mol. The molecule has 1 heterocycles. The van der Waals surface area contributed by atoms with Crippen LogP contribution in [0.15, 0.2) is 28.2 Å². The average molecular weight is 384 g/mol. The first-order valence-electron chi connectivity index (χ1n) is 8.55. The second-order valence-corrected chi connectivity index (χ2v) is 7.86. The summed E-state index contributed by atoms with van der Waals surface area (Å²) in [6.45, 7) is 5.16. The van der Waals surface area contributed by atoms with Crippen molar-refractivity contribution in [1.82, 2.24) is 4.31 Å². The van der Waals surface area contributed by atoms with Gasteiger partial charge in [-0.15, -0.1) is 0 Å². The summed E-state index contributed by atoms with van der Waals surface area (Å²) in [5.74, 6) is 0.280. The topological polar surface area (TPSA) is 114 Å². The summed E-state index contributed by atoms with van der Waals surface area (Å²) in [7, 11) is -3.79. The van der Waals surface area contributed by atoms with Gasteiger partial charge in [0, 0.05) is 25.4 Å². The highest BCUT2D eigenvalue weighted by molar-refractivity contribution is 7.89. The van der Waals surface area contributed by atoms with E-state index >= 15 is 0 Å². The molecule has 144 valence electrons. The van der Waals surface area contributed by atoms with E-state index in [2.05, 4.69) is 10.5 Å². The van der Waals surface area contributed by atoms with E-state index in [9.17, 15) is 18.5 Å². The number of benzene rings is 1. The molecular weight excluding hydrogens is 360 g/mol. The lowest BCUT2D eigenvalue weighted by molar-refractivity contribution is -0.384. The van der Waals surface area contributed by atoms with Crippen molar-refractivity contribution in [3.05, 3.63) is 28.3 Å². The molecule has 1 N–H and O–H groups in total. The van der Waals surface area contributed by atoms with E-state index in [1.165, 1.54) is 16.4 Å². The quantitative estimate of drug-likeness (QED) is 0.418.